The van der Waals surface area contributed by atoms with E-state index in [1.165, 1.54) is 31.4 Å². The summed E-state index contributed by atoms with van der Waals surface area (Å²) in [7, 11) is 1.39. The maximum Gasteiger partial charge on any atom is 0.165 e. The smallest absolute Gasteiger partial charge is 0.165 e. The average molecular weight is 436 g/mol. The Kier molecular flexibility index (Phi) is 6.04. The maximum atomic E-state index is 14.4. The second-order valence-electron chi connectivity index (χ2n) is 7.69. The SMILES string of the molecule is COc1ccc(-c2ccc(N3CCC(N)C(O)C3)nc2-c2ccc(C#N)c(F)c2)cc1F. The third-order valence-corrected chi connectivity index (χ3v) is 5.66. The van der Waals surface area contributed by atoms with Gasteiger partial charge in [0.1, 0.15) is 17.7 Å². The van der Waals surface area contributed by atoms with E-state index < -0.39 is 17.7 Å². The number of rotatable bonds is 4. The number of hydrogen-bond donors (Lipinski definition) is 2. The number of aromatic nitrogens is 1. The minimum absolute atomic E-state index is 0.0740. The van der Waals surface area contributed by atoms with E-state index >= 15 is 0 Å². The van der Waals surface area contributed by atoms with Crippen LogP contribution >= 0.6 is 0 Å². The fourth-order valence-electron chi connectivity index (χ4n) is 3.82. The van der Waals surface area contributed by atoms with E-state index in [-0.39, 0.29) is 17.4 Å². The molecule has 2 atom stereocenters. The molecule has 8 heteroatoms. The van der Waals surface area contributed by atoms with Crippen LogP contribution in [0.2, 0.25) is 0 Å². The van der Waals surface area contributed by atoms with E-state index in [0.717, 1.165) is 0 Å². The number of hydrogen-bond acceptors (Lipinski definition) is 6. The molecular formula is C24H22F2N4O2. The largest absolute Gasteiger partial charge is 0.494 e. The minimum Gasteiger partial charge on any atom is -0.494 e. The van der Waals surface area contributed by atoms with Gasteiger partial charge in [0.25, 0.3) is 0 Å². The first-order chi connectivity index (χ1) is 15.4. The summed E-state index contributed by atoms with van der Waals surface area (Å²) in [5, 5.41) is 19.2. The molecule has 2 aromatic carbocycles. The molecule has 164 valence electrons. The molecule has 1 saturated heterocycles. The quantitative estimate of drug-likeness (QED) is 0.650. The summed E-state index contributed by atoms with van der Waals surface area (Å²) in [6, 6.07) is 13.9. The fraction of sp³-hybridized carbons (Fsp3) is 0.250. The highest BCUT2D eigenvalue weighted by Gasteiger charge is 2.26. The Morgan fingerprint density at radius 3 is 2.53 bits per heavy atom. The molecule has 0 amide bonds. The number of ether oxygens (including phenoxy) is 1. The van der Waals surface area contributed by atoms with Gasteiger partial charge in [0.05, 0.1) is 24.5 Å². The molecule has 6 nitrogen and oxygen atoms in total. The Balaban J connectivity index is 1.83. The maximum absolute atomic E-state index is 14.4. The first-order valence-electron chi connectivity index (χ1n) is 10.1. The Bertz CT molecular complexity index is 1200. The third kappa shape index (κ3) is 4.13. The molecule has 1 aliphatic rings. The number of anilines is 1. The molecular weight excluding hydrogens is 414 g/mol. The zero-order valence-electron chi connectivity index (χ0n) is 17.4. The molecule has 2 heterocycles. The van der Waals surface area contributed by atoms with Crippen LogP contribution in [-0.2, 0) is 0 Å². The summed E-state index contributed by atoms with van der Waals surface area (Å²) in [5.74, 6) is -0.487. The number of aliphatic hydroxyl groups is 1. The van der Waals surface area contributed by atoms with Gasteiger partial charge in [0, 0.05) is 30.3 Å². The molecule has 3 N–H and O–H groups in total. The predicted octanol–water partition coefficient (Wildman–Crippen LogP) is 3.47. The molecule has 1 aliphatic heterocycles. The predicted molar refractivity (Wildman–Crippen MR) is 117 cm³/mol. The summed E-state index contributed by atoms with van der Waals surface area (Å²) in [6.07, 6.45) is -0.0773. The Morgan fingerprint density at radius 2 is 1.88 bits per heavy atom. The van der Waals surface area contributed by atoms with Crippen LogP contribution < -0.4 is 15.4 Å². The third-order valence-electron chi connectivity index (χ3n) is 5.66. The van der Waals surface area contributed by atoms with E-state index in [1.54, 1.807) is 30.3 Å². The summed E-state index contributed by atoms with van der Waals surface area (Å²) in [4.78, 5) is 6.65. The lowest BCUT2D eigenvalue weighted by Crippen LogP contribution is -2.50. The first kappa shape index (κ1) is 21.7. The number of methoxy groups -OCH3 is 1. The van der Waals surface area contributed by atoms with E-state index in [4.69, 9.17) is 20.7 Å². The van der Waals surface area contributed by atoms with Crippen molar-refractivity contribution >= 4 is 5.82 Å². The van der Waals surface area contributed by atoms with Crippen molar-refractivity contribution in [1.82, 2.24) is 4.98 Å². The Labute approximate surface area is 184 Å². The molecule has 2 unspecified atom stereocenters. The molecule has 0 aliphatic carbocycles. The van der Waals surface area contributed by atoms with Crippen molar-refractivity contribution < 1.29 is 18.6 Å². The average Bonchev–Trinajstić information content (AvgIpc) is 2.80. The van der Waals surface area contributed by atoms with Gasteiger partial charge in [-0.05, 0) is 48.4 Å². The molecule has 1 aromatic heterocycles. The van der Waals surface area contributed by atoms with Gasteiger partial charge in [0.15, 0.2) is 11.6 Å². The van der Waals surface area contributed by atoms with Crippen LogP contribution in [-0.4, -0.2) is 42.4 Å². The minimum atomic E-state index is -0.684. The van der Waals surface area contributed by atoms with Crippen LogP contribution in [0.5, 0.6) is 5.75 Å². The highest BCUT2D eigenvalue weighted by molar-refractivity contribution is 5.82. The molecule has 0 saturated carbocycles. The van der Waals surface area contributed by atoms with Crippen molar-refractivity contribution in [2.45, 2.75) is 18.6 Å². The summed E-state index contributed by atoms with van der Waals surface area (Å²) >= 11 is 0. The zero-order valence-corrected chi connectivity index (χ0v) is 17.4. The van der Waals surface area contributed by atoms with Crippen molar-refractivity contribution in [2.24, 2.45) is 5.73 Å². The van der Waals surface area contributed by atoms with Gasteiger partial charge in [-0.1, -0.05) is 12.1 Å². The van der Waals surface area contributed by atoms with Gasteiger partial charge in [-0.2, -0.15) is 5.26 Å². The number of nitrogens with two attached hydrogens (primary N) is 1. The van der Waals surface area contributed by atoms with Gasteiger partial charge in [-0.15, -0.1) is 0 Å². The van der Waals surface area contributed by atoms with Crippen LogP contribution in [0.15, 0.2) is 48.5 Å². The van der Waals surface area contributed by atoms with E-state index in [9.17, 15) is 13.9 Å². The molecule has 0 radical (unpaired) electrons. The lowest BCUT2D eigenvalue weighted by Gasteiger charge is -2.35. The molecule has 32 heavy (non-hydrogen) atoms. The number of pyridine rings is 1. The molecule has 4 rings (SSSR count). The van der Waals surface area contributed by atoms with E-state index in [2.05, 4.69) is 0 Å². The Morgan fingerprint density at radius 1 is 1.12 bits per heavy atom. The zero-order chi connectivity index (χ0) is 22.8. The van der Waals surface area contributed by atoms with E-state index in [0.29, 0.717) is 47.7 Å². The lowest BCUT2D eigenvalue weighted by molar-refractivity contribution is 0.131. The van der Waals surface area contributed by atoms with Crippen molar-refractivity contribution in [3.8, 4) is 34.2 Å². The van der Waals surface area contributed by atoms with Crippen molar-refractivity contribution in [3.63, 3.8) is 0 Å². The van der Waals surface area contributed by atoms with Crippen molar-refractivity contribution in [1.29, 1.82) is 5.26 Å². The summed E-state index contributed by atoms with van der Waals surface area (Å²) < 4.78 is 33.8. The standard InChI is InChI=1S/C24H22F2N4O2/c1-32-22-6-4-14(10-19(22)26)17-5-7-23(30-9-8-20(28)21(31)13-30)29-24(17)15-2-3-16(12-27)18(25)11-15/h2-7,10-11,20-21,31H,8-9,13,28H2,1H3. The van der Waals surface area contributed by atoms with Crippen LogP contribution in [0.1, 0.15) is 12.0 Å². The lowest BCUT2D eigenvalue weighted by atomic mass is 9.97. The normalized spacial score (nSPS) is 18.3. The summed E-state index contributed by atoms with van der Waals surface area (Å²) in [5.41, 5.74) is 7.85. The van der Waals surface area contributed by atoms with Crippen LogP contribution in [0.3, 0.4) is 0 Å². The van der Waals surface area contributed by atoms with Crippen LogP contribution in [0, 0.1) is 23.0 Å². The number of piperidine rings is 1. The van der Waals surface area contributed by atoms with Crippen LogP contribution in [0.25, 0.3) is 22.4 Å². The number of benzene rings is 2. The van der Waals surface area contributed by atoms with Crippen LogP contribution in [0.4, 0.5) is 14.6 Å². The number of aliphatic hydroxyl groups excluding tert-OH is 1. The second kappa shape index (κ2) is 8.91. The molecule has 0 bridgehead atoms. The second-order valence-corrected chi connectivity index (χ2v) is 7.69. The van der Waals surface area contributed by atoms with Gasteiger partial charge >= 0.3 is 0 Å². The number of nitriles is 1. The molecule has 0 spiro atoms. The number of β-amino-alcohol motifs (C(OH)–C–C–N with tert-alkyl or cyclic N) is 1. The first-order valence-corrected chi connectivity index (χ1v) is 10.1. The van der Waals surface area contributed by atoms with Gasteiger partial charge in [0.2, 0.25) is 0 Å². The monoisotopic (exact) mass is 436 g/mol. The van der Waals surface area contributed by atoms with Crippen molar-refractivity contribution in [2.75, 3.05) is 25.1 Å². The van der Waals surface area contributed by atoms with Gasteiger partial charge < -0.3 is 20.5 Å². The van der Waals surface area contributed by atoms with Crippen molar-refractivity contribution in [3.05, 3.63) is 65.7 Å². The molecule has 3 aromatic rings. The summed E-state index contributed by atoms with van der Waals surface area (Å²) in [6.45, 7) is 0.939. The number of nitrogens with zero attached hydrogens (tertiary/aromatic N) is 3. The number of halogens is 2. The van der Waals surface area contributed by atoms with E-state index in [1.807, 2.05) is 4.90 Å². The molecule has 1 fully saturated rings. The fourth-order valence-corrected chi connectivity index (χ4v) is 3.82. The topological polar surface area (TPSA) is 95.4 Å². The van der Waals surface area contributed by atoms with Gasteiger partial charge in [-0.25, -0.2) is 13.8 Å². The Hall–Kier alpha value is -3.54. The van der Waals surface area contributed by atoms with Gasteiger partial charge in [-0.3, -0.25) is 0 Å². The highest BCUT2D eigenvalue weighted by atomic mass is 19.1. The highest BCUT2D eigenvalue weighted by Crippen LogP contribution is 2.35.